The fraction of sp³-hybridized carbons (Fsp3) is 0.556. The monoisotopic (exact) mass is 286 g/mol. The van der Waals surface area contributed by atoms with Gasteiger partial charge in [0.2, 0.25) is 0 Å². The smallest absolute Gasteiger partial charge is 0.0649 e. The normalized spacial score (nSPS) is 15.2. The number of hydrogen-bond donors (Lipinski definition) is 1. The highest BCUT2D eigenvalue weighted by Gasteiger charge is 2.20. The molecular formula is C18H26N2O. The molecule has 114 valence electrons. The molecule has 0 amide bonds. The molecule has 1 N–H and O–H groups in total. The minimum atomic E-state index is 0.300. The van der Waals surface area contributed by atoms with E-state index in [-0.39, 0.29) is 0 Å². The minimum Gasteiger partial charge on any atom is -0.377 e. The molecule has 1 heterocycles. The second-order valence-electron chi connectivity index (χ2n) is 6.26. The average molecular weight is 286 g/mol. The highest BCUT2D eigenvalue weighted by Crippen LogP contribution is 2.23. The molecule has 3 rings (SSSR count). The highest BCUT2D eigenvalue weighted by molar-refractivity contribution is 5.84. The van der Waals surface area contributed by atoms with Crippen molar-refractivity contribution in [1.29, 1.82) is 0 Å². The predicted molar refractivity (Wildman–Crippen MR) is 87.8 cm³/mol. The fourth-order valence-corrected chi connectivity index (χ4v) is 2.79. The van der Waals surface area contributed by atoms with Crippen LogP contribution in [0.1, 0.15) is 32.3 Å². The number of nitrogens with zero attached hydrogens (tertiary/aromatic N) is 1. The van der Waals surface area contributed by atoms with E-state index in [2.05, 4.69) is 54.2 Å². The summed E-state index contributed by atoms with van der Waals surface area (Å²) in [6.07, 6.45) is 6.43. The summed E-state index contributed by atoms with van der Waals surface area (Å²) in [5, 5.41) is 4.99. The van der Waals surface area contributed by atoms with Gasteiger partial charge in [0, 0.05) is 29.7 Å². The van der Waals surface area contributed by atoms with Crippen molar-refractivity contribution in [3.63, 3.8) is 0 Å². The molecule has 1 fully saturated rings. The first-order chi connectivity index (χ1) is 10.2. The molecule has 0 atom stereocenters. The van der Waals surface area contributed by atoms with Crippen molar-refractivity contribution >= 4 is 10.9 Å². The van der Waals surface area contributed by atoms with E-state index in [1.165, 1.54) is 29.3 Å². The maximum Gasteiger partial charge on any atom is 0.0649 e. The van der Waals surface area contributed by atoms with E-state index in [1.54, 1.807) is 0 Å². The molecule has 0 spiro atoms. The lowest BCUT2D eigenvalue weighted by Gasteiger charge is -2.09. The standard InChI is InChI=1S/C18H26N2O/c1-14(2)21-12-11-20-13-15(9-10-19-16-7-8-16)17-5-3-4-6-18(17)20/h3-6,13-14,16,19H,7-12H2,1-2H3. The van der Waals surface area contributed by atoms with Crippen LogP contribution in [-0.4, -0.2) is 29.9 Å². The van der Waals surface area contributed by atoms with Gasteiger partial charge in [0.05, 0.1) is 12.7 Å². The first-order valence-corrected chi connectivity index (χ1v) is 8.16. The molecule has 3 nitrogen and oxygen atoms in total. The number of ether oxygens (including phenoxy) is 1. The molecule has 0 bridgehead atoms. The third kappa shape index (κ3) is 3.86. The Kier molecular flexibility index (Phi) is 4.61. The van der Waals surface area contributed by atoms with Gasteiger partial charge in [-0.1, -0.05) is 18.2 Å². The molecule has 1 aliphatic rings. The van der Waals surface area contributed by atoms with Crippen molar-refractivity contribution in [2.24, 2.45) is 0 Å². The van der Waals surface area contributed by atoms with E-state index >= 15 is 0 Å². The topological polar surface area (TPSA) is 26.2 Å². The lowest BCUT2D eigenvalue weighted by atomic mass is 10.1. The summed E-state index contributed by atoms with van der Waals surface area (Å²) in [5.41, 5.74) is 2.77. The zero-order valence-corrected chi connectivity index (χ0v) is 13.1. The van der Waals surface area contributed by atoms with Crippen LogP contribution in [0.15, 0.2) is 30.5 Å². The Labute approximate surface area is 127 Å². The first kappa shape index (κ1) is 14.6. The third-order valence-corrected chi connectivity index (χ3v) is 4.06. The van der Waals surface area contributed by atoms with Gasteiger partial charge in [-0.15, -0.1) is 0 Å². The number of nitrogens with one attached hydrogen (secondary N) is 1. The van der Waals surface area contributed by atoms with Gasteiger partial charge in [-0.05, 0) is 51.3 Å². The molecule has 2 aromatic rings. The van der Waals surface area contributed by atoms with Crippen LogP contribution in [0.4, 0.5) is 0 Å². The maximum absolute atomic E-state index is 5.69. The van der Waals surface area contributed by atoms with Crippen molar-refractivity contribution < 1.29 is 4.74 Å². The summed E-state index contributed by atoms with van der Waals surface area (Å²) >= 11 is 0. The quantitative estimate of drug-likeness (QED) is 0.805. The Hall–Kier alpha value is -1.32. The SMILES string of the molecule is CC(C)OCCn1cc(CCNC2CC2)c2ccccc21. The molecule has 1 aromatic heterocycles. The number of aromatic nitrogens is 1. The van der Waals surface area contributed by atoms with Gasteiger partial charge in [0.1, 0.15) is 0 Å². The number of benzene rings is 1. The van der Waals surface area contributed by atoms with E-state index in [9.17, 15) is 0 Å². The van der Waals surface area contributed by atoms with Gasteiger partial charge < -0.3 is 14.6 Å². The van der Waals surface area contributed by atoms with Crippen LogP contribution in [-0.2, 0) is 17.7 Å². The van der Waals surface area contributed by atoms with Crippen molar-refractivity contribution in [2.75, 3.05) is 13.2 Å². The minimum absolute atomic E-state index is 0.300. The summed E-state index contributed by atoms with van der Waals surface area (Å²) in [6, 6.07) is 9.49. The number of para-hydroxylation sites is 1. The summed E-state index contributed by atoms with van der Waals surface area (Å²) in [6.45, 7) is 6.96. The van der Waals surface area contributed by atoms with Crippen LogP contribution in [0.3, 0.4) is 0 Å². The number of hydrogen-bond acceptors (Lipinski definition) is 2. The Morgan fingerprint density at radius 3 is 2.86 bits per heavy atom. The molecule has 1 saturated carbocycles. The zero-order valence-electron chi connectivity index (χ0n) is 13.1. The molecule has 0 radical (unpaired) electrons. The van der Waals surface area contributed by atoms with Crippen LogP contribution in [0.5, 0.6) is 0 Å². The largest absolute Gasteiger partial charge is 0.377 e. The molecule has 0 saturated heterocycles. The van der Waals surface area contributed by atoms with Crippen LogP contribution in [0.2, 0.25) is 0 Å². The lowest BCUT2D eigenvalue weighted by Crippen LogP contribution is -2.19. The lowest BCUT2D eigenvalue weighted by molar-refractivity contribution is 0.0733. The van der Waals surface area contributed by atoms with E-state index in [0.717, 1.165) is 32.2 Å². The molecule has 0 aliphatic heterocycles. The Balaban J connectivity index is 1.69. The molecule has 1 aliphatic carbocycles. The summed E-state index contributed by atoms with van der Waals surface area (Å²) in [4.78, 5) is 0. The number of rotatable bonds is 8. The van der Waals surface area contributed by atoms with Gasteiger partial charge in [0.25, 0.3) is 0 Å². The average Bonchev–Trinajstić information content (AvgIpc) is 3.22. The van der Waals surface area contributed by atoms with Crippen molar-refractivity contribution in [3.05, 3.63) is 36.0 Å². The Morgan fingerprint density at radius 1 is 1.29 bits per heavy atom. The van der Waals surface area contributed by atoms with Gasteiger partial charge in [-0.25, -0.2) is 0 Å². The van der Waals surface area contributed by atoms with Gasteiger partial charge in [-0.3, -0.25) is 0 Å². The zero-order chi connectivity index (χ0) is 14.7. The Bertz CT molecular complexity index is 542. The van der Waals surface area contributed by atoms with Gasteiger partial charge in [-0.2, -0.15) is 0 Å². The van der Waals surface area contributed by atoms with E-state index in [1.807, 2.05) is 0 Å². The second kappa shape index (κ2) is 6.63. The predicted octanol–water partition coefficient (Wildman–Crippen LogP) is 3.36. The van der Waals surface area contributed by atoms with Gasteiger partial charge >= 0.3 is 0 Å². The van der Waals surface area contributed by atoms with Crippen molar-refractivity contribution in [2.45, 2.75) is 51.8 Å². The summed E-state index contributed by atoms with van der Waals surface area (Å²) in [7, 11) is 0. The third-order valence-electron chi connectivity index (χ3n) is 4.06. The van der Waals surface area contributed by atoms with E-state index in [4.69, 9.17) is 4.74 Å². The molecule has 21 heavy (non-hydrogen) atoms. The van der Waals surface area contributed by atoms with E-state index < -0.39 is 0 Å². The first-order valence-electron chi connectivity index (χ1n) is 8.16. The highest BCUT2D eigenvalue weighted by atomic mass is 16.5. The van der Waals surface area contributed by atoms with E-state index in [0.29, 0.717) is 6.10 Å². The second-order valence-corrected chi connectivity index (χ2v) is 6.26. The molecular weight excluding hydrogens is 260 g/mol. The fourth-order valence-electron chi connectivity index (χ4n) is 2.79. The van der Waals surface area contributed by atoms with Gasteiger partial charge in [0.15, 0.2) is 0 Å². The number of fused-ring (bicyclic) bond motifs is 1. The molecule has 1 aromatic carbocycles. The summed E-state index contributed by atoms with van der Waals surface area (Å²) < 4.78 is 8.03. The molecule has 0 unspecified atom stereocenters. The van der Waals surface area contributed by atoms with Crippen LogP contribution in [0.25, 0.3) is 10.9 Å². The van der Waals surface area contributed by atoms with Crippen LogP contribution in [0, 0.1) is 0 Å². The van der Waals surface area contributed by atoms with Crippen molar-refractivity contribution in [1.82, 2.24) is 9.88 Å². The summed E-state index contributed by atoms with van der Waals surface area (Å²) in [5.74, 6) is 0. The maximum atomic E-state index is 5.69. The molecule has 3 heteroatoms. The van der Waals surface area contributed by atoms with Crippen LogP contribution >= 0.6 is 0 Å². The van der Waals surface area contributed by atoms with Crippen molar-refractivity contribution in [3.8, 4) is 0 Å². The van der Waals surface area contributed by atoms with Crippen LogP contribution < -0.4 is 5.32 Å². The Morgan fingerprint density at radius 2 is 2.10 bits per heavy atom.